The molecule has 0 aliphatic carbocycles. The van der Waals surface area contributed by atoms with Gasteiger partial charge in [0, 0.05) is 0 Å². The quantitative estimate of drug-likeness (QED) is 0.843. The number of benzene rings is 1. The van der Waals surface area contributed by atoms with Gasteiger partial charge in [0.2, 0.25) is 0 Å². The molecule has 1 aromatic rings. The van der Waals surface area contributed by atoms with Gasteiger partial charge >= 0.3 is 0 Å². The Morgan fingerprint density at radius 3 is 2.50 bits per heavy atom. The van der Waals surface area contributed by atoms with Gasteiger partial charge in [-0.15, -0.1) is 0 Å². The van der Waals surface area contributed by atoms with Crippen LogP contribution in [0.2, 0.25) is 5.02 Å². The third kappa shape index (κ3) is 3.89. The highest BCUT2D eigenvalue weighted by Crippen LogP contribution is 2.33. The van der Waals surface area contributed by atoms with Crippen LogP contribution in [0.5, 0.6) is 5.75 Å². The van der Waals surface area contributed by atoms with E-state index in [0.29, 0.717) is 30.0 Å². The molecule has 0 aromatic heterocycles. The SMILES string of the molecule is CCOc1cc(C)c(C(CN)CC(C)C)cc1Cl. The smallest absolute Gasteiger partial charge is 0.138 e. The number of ether oxygens (including phenoxy) is 1. The molecule has 0 bridgehead atoms. The predicted octanol–water partition coefficient (Wildman–Crippen LogP) is 4.14. The van der Waals surface area contributed by atoms with Crippen molar-refractivity contribution in [2.45, 2.75) is 40.0 Å². The van der Waals surface area contributed by atoms with E-state index in [1.807, 2.05) is 19.1 Å². The molecule has 0 amide bonds. The minimum Gasteiger partial charge on any atom is -0.492 e. The molecule has 102 valence electrons. The third-order valence-electron chi connectivity index (χ3n) is 3.10. The Morgan fingerprint density at radius 1 is 1.33 bits per heavy atom. The minimum absolute atomic E-state index is 0.373. The first-order valence-electron chi connectivity index (χ1n) is 6.62. The average Bonchev–Trinajstić information content (AvgIpc) is 2.30. The maximum Gasteiger partial charge on any atom is 0.138 e. The lowest BCUT2D eigenvalue weighted by Crippen LogP contribution is -2.16. The highest BCUT2D eigenvalue weighted by Gasteiger charge is 2.16. The number of hydrogen-bond acceptors (Lipinski definition) is 2. The first-order valence-corrected chi connectivity index (χ1v) is 7.00. The van der Waals surface area contributed by atoms with E-state index in [-0.39, 0.29) is 0 Å². The van der Waals surface area contributed by atoms with Crippen LogP contribution in [0.25, 0.3) is 0 Å². The van der Waals surface area contributed by atoms with Gasteiger partial charge in [-0.05, 0) is 61.9 Å². The van der Waals surface area contributed by atoms with Gasteiger partial charge in [-0.3, -0.25) is 0 Å². The van der Waals surface area contributed by atoms with E-state index in [1.165, 1.54) is 11.1 Å². The summed E-state index contributed by atoms with van der Waals surface area (Å²) in [4.78, 5) is 0. The maximum atomic E-state index is 6.25. The van der Waals surface area contributed by atoms with E-state index in [0.717, 1.165) is 12.2 Å². The second-order valence-corrected chi connectivity index (χ2v) is 5.54. The zero-order valence-electron chi connectivity index (χ0n) is 11.8. The lowest BCUT2D eigenvalue weighted by molar-refractivity contribution is 0.340. The fraction of sp³-hybridized carbons (Fsp3) is 0.600. The minimum atomic E-state index is 0.373. The molecule has 0 saturated carbocycles. The van der Waals surface area contributed by atoms with Crippen LogP contribution in [-0.2, 0) is 0 Å². The number of nitrogens with two attached hydrogens (primary N) is 1. The van der Waals surface area contributed by atoms with Gasteiger partial charge in [0.25, 0.3) is 0 Å². The largest absolute Gasteiger partial charge is 0.492 e. The molecular formula is C15H24ClNO. The van der Waals surface area contributed by atoms with E-state index in [1.54, 1.807) is 0 Å². The highest BCUT2D eigenvalue weighted by molar-refractivity contribution is 6.32. The summed E-state index contributed by atoms with van der Waals surface area (Å²) >= 11 is 6.25. The molecule has 0 saturated heterocycles. The summed E-state index contributed by atoms with van der Waals surface area (Å²) in [5.74, 6) is 1.77. The molecule has 1 unspecified atom stereocenters. The lowest BCUT2D eigenvalue weighted by Gasteiger charge is -2.21. The monoisotopic (exact) mass is 269 g/mol. The Labute approximate surface area is 115 Å². The summed E-state index contributed by atoms with van der Waals surface area (Å²) < 4.78 is 5.50. The van der Waals surface area contributed by atoms with Crippen LogP contribution >= 0.6 is 11.6 Å². The summed E-state index contributed by atoms with van der Waals surface area (Å²) in [7, 11) is 0. The van der Waals surface area contributed by atoms with Crippen LogP contribution in [0.1, 0.15) is 44.2 Å². The van der Waals surface area contributed by atoms with Gasteiger partial charge in [0.05, 0.1) is 11.6 Å². The zero-order chi connectivity index (χ0) is 13.7. The molecule has 1 aromatic carbocycles. The Balaban J connectivity index is 3.04. The normalized spacial score (nSPS) is 12.8. The van der Waals surface area contributed by atoms with E-state index in [2.05, 4.69) is 20.8 Å². The van der Waals surface area contributed by atoms with Crippen LogP contribution in [0, 0.1) is 12.8 Å². The molecular weight excluding hydrogens is 246 g/mol. The molecule has 3 heteroatoms. The molecule has 1 atom stereocenters. The van der Waals surface area contributed by atoms with Gasteiger partial charge < -0.3 is 10.5 Å². The van der Waals surface area contributed by atoms with Crippen LogP contribution in [-0.4, -0.2) is 13.2 Å². The summed E-state index contributed by atoms with van der Waals surface area (Å²) in [6.45, 7) is 9.77. The van der Waals surface area contributed by atoms with Crippen molar-refractivity contribution in [1.29, 1.82) is 0 Å². The molecule has 0 aliphatic rings. The predicted molar refractivity (Wildman–Crippen MR) is 78.6 cm³/mol. The molecule has 0 aliphatic heterocycles. The number of halogens is 1. The number of rotatable bonds is 6. The third-order valence-corrected chi connectivity index (χ3v) is 3.40. The second kappa shape index (κ2) is 7.01. The standard InChI is InChI=1S/C15H24ClNO/c1-5-18-15-7-11(4)13(8-14(15)16)12(9-17)6-10(2)3/h7-8,10,12H,5-6,9,17H2,1-4H3. The second-order valence-electron chi connectivity index (χ2n) is 5.13. The van der Waals surface area contributed by atoms with Gasteiger partial charge in [0.15, 0.2) is 0 Å². The van der Waals surface area contributed by atoms with E-state index in [9.17, 15) is 0 Å². The summed E-state index contributed by atoms with van der Waals surface area (Å²) in [6, 6.07) is 4.03. The Kier molecular flexibility index (Phi) is 5.97. The van der Waals surface area contributed by atoms with Gasteiger partial charge in [0.1, 0.15) is 5.75 Å². The van der Waals surface area contributed by atoms with Gasteiger partial charge in [-0.25, -0.2) is 0 Å². The van der Waals surface area contributed by atoms with Crippen LogP contribution in [0.15, 0.2) is 12.1 Å². The first-order chi connectivity index (χ1) is 8.49. The Hall–Kier alpha value is -0.730. The zero-order valence-corrected chi connectivity index (χ0v) is 12.6. The van der Waals surface area contributed by atoms with Crippen molar-refractivity contribution >= 4 is 11.6 Å². The summed E-state index contributed by atoms with van der Waals surface area (Å²) in [5.41, 5.74) is 8.35. The van der Waals surface area contributed by atoms with E-state index >= 15 is 0 Å². The number of aryl methyl sites for hydroxylation is 1. The van der Waals surface area contributed by atoms with Crippen LogP contribution in [0.3, 0.4) is 0 Å². The molecule has 1 rings (SSSR count). The van der Waals surface area contributed by atoms with Crippen molar-refractivity contribution in [3.63, 3.8) is 0 Å². The fourth-order valence-corrected chi connectivity index (χ4v) is 2.52. The Morgan fingerprint density at radius 2 is 2.00 bits per heavy atom. The molecule has 0 fully saturated rings. The van der Waals surface area contributed by atoms with Crippen molar-refractivity contribution in [2.75, 3.05) is 13.2 Å². The number of hydrogen-bond donors (Lipinski definition) is 1. The highest BCUT2D eigenvalue weighted by atomic mass is 35.5. The molecule has 0 heterocycles. The van der Waals surface area contributed by atoms with E-state index < -0.39 is 0 Å². The maximum absolute atomic E-state index is 6.25. The van der Waals surface area contributed by atoms with Crippen LogP contribution < -0.4 is 10.5 Å². The fourth-order valence-electron chi connectivity index (χ4n) is 2.30. The van der Waals surface area contributed by atoms with Crippen LogP contribution in [0.4, 0.5) is 0 Å². The first kappa shape index (κ1) is 15.3. The van der Waals surface area contributed by atoms with Crippen molar-refractivity contribution in [2.24, 2.45) is 11.7 Å². The lowest BCUT2D eigenvalue weighted by atomic mass is 9.88. The van der Waals surface area contributed by atoms with Gasteiger partial charge in [-0.1, -0.05) is 25.4 Å². The molecule has 0 spiro atoms. The average molecular weight is 270 g/mol. The van der Waals surface area contributed by atoms with Gasteiger partial charge in [-0.2, -0.15) is 0 Å². The van der Waals surface area contributed by atoms with Crippen molar-refractivity contribution in [3.8, 4) is 5.75 Å². The molecule has 0 radical (unpaired) electrons. The Bertz CT molecular complexity index is 390. The van der Waals surface area contributed by atoms with E-state index in [4.69, 9.17) is 22.1 Å². The topological polar surface area (TPSA) is 35.2 Å². The van der Waals surface area contributed by atoms with Crippen molar-refractivity contribution in [1.82, 2.24) is 0 Å². The molecule has 2 N–H and O–H groups in total. The van der Waals surface area contributed by atoms with Crippen molar-refractivity contribution in [3.05, 3.63) is 28.3 Å². The summed E-state index contributed by atoms with van der Waals surface area (Å²) in [5, 5.41) is 0.680. The van der Waals surface area contributed by atoms with Crippen molar-refractivity contribution < 1.29 is 4.74 Å². The molecule has 18 heavy (non-hydrogen) atoms. The molecule has 2 nitrogen and oxygen atoms in total. The summed E-state index contributed by atoms with van der Waals surface area (Å²) in [6.07, 6.45) is 1.08.